The lowest BCUT2D eigenvalue weighted by Gasteiger charge is -2.28. The predicted octanol–water partition coefficient (Wildman–Crippen LogP) is 4.89. The van der Waals surface area contributed by atoms with Gasteiger partial charge in [-0.1, -0.05) is 44.1 Å². The van der Waals surface area contributed by atoms with Crippen LogP contribution in [0.25, 0.3) is 0 Å². The molecule has 2 rings (SSSR count). The van der Waals surface area contributed by atoms with E-state index in [1.165, 1.54) is 12.8 Å². The van der Waals surface area contributed by atoms with Gasteiger partial charge >= 0.3 is 0 Å². The first-order valence-electron chi connectivity index (χ1n) is 8.09. The topological polar surface area (TPSA) is 26.3 Å². The fraction of sp³-hybridized carbons (Fsp3) is 0.526. The number of allylic oxidation sites excluding steroid dienone is 2. The van der Waals surface area contributed by atoms with Gasteiger partial charge in [-0.15, -0.1) is 0 Å². The second-order valence-electron chi connectivity index (χ2n) is 5.84. The Kier molecular flexibility index (Phi) is 6.04. The van der Waals surface area contributed by atoms with E-state index in [9.17, 15) is 4.79 Å². The zero-order chi connectivity index (χ0) is 15.1. The number of ether oxygens (including phenoxy) is 1. The van der Waals surface area contributed by atoms with Crippen molar-refractivity contribution in [3.05, 3.63) is 42.0 Å². The maximum atomic E-state index is 12.4. The third kappa shape index (κ3) is 4.20. The SMILES string of the molecule is CCCC/C=C/[C@@H]1CCCC(=O)[C@H]1c1ccc(OC)cc1. The molecule has 1 aromatic carbocycles. The van der Waals surface area contributed by atoms with Gasteiger partial charge in [0.25, 0.3) is 0 Å². The largest absolute Gasteiger partial charge is 0.497 e. The molecular formula is C19H26O2. The zero-order valence-electron chi connectivity index (χ0n) is 13.2. The highest BCUT2D eigenvalue weighted by Crippen LogP contribution is 2.37. The molecule has 1 fully saturated rings. The minimum absolute atomic E-state index is 0.0301. The van der Waals surface area contributed by atoms with Crippen molar-refractivity contribution >= 4 is 5.78 Å². The van der Waals surface area contributed by atoms with Crippen molar-refractivity contribution in [1.29, 1.82) is 0 Å². The zero-order valence-corrected chi connectivity index (χ0v) is 13.2. The molecule has 0 amide bonds. The maximum absolute atomic E-state index is 12.4. The smallest absolute Gasteiger partial charge is 0.140 e. The van der Waals surface area contributed by atoms with Crippen molar-refractivity contribution in [2.75, 3.05) is 7.11 Å². The van der Waals surface area contributed by atoms with Crippen molar-refractivity contribution in [2.24, 2.45) is 5.92 Å². The first-order chi connectivity index (χ1) is 10.3. The molecule has 114 valence electrons. The van der Waals surface area contributed by atoms with Gasteiger partial charge in [0.05, 0.1) is 7.11 Å². The molecule has 0 heterocycles. The average molecular weight is 286 g/mol. The normalized spacial score (nSPS) is 22.7. The van der Waals surface area contributed by atoms with E-state index >= 15 is 0 Å². The Labute approximate surface area is 128 Å². The van der Waals surface area contributed by atoms with Gasteiger partial charge in [0.2, 0.25) is 0 Å². The molecule has 21 heavy (non-hydrogen) atoms. The van der Waals surface area contributed by atoms with Gasteiger partial charge in [-0.2, -0.15) is 0 Å². The predicted molar refractivity (Wildman–Crippen MR) is 86.7 cm³/mol. The van der Waals surface area contributed by atoms with E-state index in [1.807, 2.05) is 24.3 Å². The molecule has 1 aliphatic carbocycles. The summed E-state index contributed by atoms with van der Waals surface area (Å²) < 4.78 is 5.20. The summed E-state index contributed by atoms with van der Waals surface area (Å²) in [4.78, 5) is 12.4. The van der Waals surface area contributed by atoms with E-state index in [-0.39, 0.29) is 5.92 Å². The number of benzene rings is 1. The van der Waals surface area contributed by atoms with Gasteiger partial charge in [-0.05, 0) is 42.9 Å². The molecule has 2 heteroatoms. The lowest BCUT2D eigenvalue weighted by molar-refractivity contribution is -0.122. The van der Waals surface area contributed by atoms with Crippen LogP contribution in [0, 0.1) is 5.92 Å². The van der Waals surface area contributed by atoms with Gasteiger partial charge < -0.3 is 4.74 Å². The second kappa shape index (κ2) is 8.02. The Morgan fingerprint density at radius 3 is 2.71 bits per heavy atom. The first-order valence-corrected chi connectivity index (χ1v) is 8.09. The van der Waals surface area contributed by atoms with Crippen LogP contribution >= 0.6 is 0 Å². The van der Waals surface area contributed by atoms with Crippen LogP contribution in [-0.4, -0.2) is 12.9 Å². The molecule has 0 radical (unpaired) electrons. The van der Waals surface area contributed by atoms with Gasteiger partial charge in [0, 0.05) is 12.3 Å². The third-order valence-electron chi connectivity index (χ3n) is 4.32. The van der Waals surface area contributed by atoms with Crippen LogP contribution < -0.4 is 4.74 Å². The summed E-state index contributed by atoms with van der Waals surface area (Å²) in [5.41, 5.74) is 1.13. The number of unbranched alkanes of at least 4 members (excludes halogenated alkanes) is 2. The van der Waals surface area contributed by atoms with Crippen molar-refractivity contribution < 1.29 is 9.53 Å². The Morgan fingerprint density at radius 2 is 2.05 bits per heavy atom. The summed E-state index contributed by atoms with van der Waals surface area (Å²) >= 11 is 0. The monoisotopic (exact) mass is 286 g/mol. The van der Waals surface area contributed by atoms with Crippen molar-refractivity contribution in [1.82, 2.24) is 0 Å². The van der Waals surface area contributed by atoms with E-state index < -0.39 is 0 Å². The van der Waals surface area contributed by atoms with Crippen LogP contribution in [0.5, 0.6) is 5.75 Å². The number of carbonyl (C=O) groups is 1. The minimum Gasteiger partial charge on any atom is -0.497 e. The van der Waals surface area contributed by atoms with E-state index in [0.717, 1.165) is 37.0 Å². The Bertz CT molecular complexity index is 473. The van der Waals surface area contributed by atoms with E-state index in [4.69, 9.17) is 4.74 Å². The fourth-order valence-electron chi connectivity index (χ4n) is 3.12. The van der Waals surface area contributed by atoms with Crippen LogP contribution in [0.2, 0.25) is 0 Å². The second-order valence-corrected chi connectivity index (χ2v) is 5.84. The molecule has 2 nitrogen and oxygen atoms in total. The van der Waals surface area contributed by atoms with Crippen LogP contribution in [0.1, 0.15) is 56.9 Å². The standard InChI is InChI=1S/C19H26O2/c1-3-4-5-6-8-15-9-7-10-18(20)19(15)16-11-13-17(21-2)14-12-16/h6,8,11-15,19H,3-5,7,9-10H2,1-2H3/b8-6+/t15-,19-/m1/s1. The molecular weight excluding hydrogens is 260 g/mol. The summed E-state index contributed by atoms with van der Waals surface area (Å²) in [7, 11) is 1.67. The summed E-state index contributed by atoms with van der Waals surface area (Å²) in [6.45, 7) is 2.21. The summed E-state index contributed by atoms with van der Waals surface area (Å²) in [5, 5.41) is 0. The molecule has 1 aliphatic rings. The summed E-state index contributed by atoms with van der Waals surface area (Å²) in [6.07, 6.45) is 11.0. The van der Waals surface area contributed by atoms with Gasteiger partial charge in [-0.25, -0.2) is 0 Å². The first kappa shape index (κ1) is 15.8. The average Bonchev–Trinajstić information content (AvgIpc) is 2.52. The van der Waals surface area contributed by atoms with Gasteiger partial charge in [0.15, 0.2) is 0 Å². The lowest BCUT2D eigenvalue weighted by atomic mass is 9.74. The number of methoxy groups -OCH3 is 1. The minimum atomic E-state index is 0.0301. The van der Waals surface area contributed by atoms with Crippen LogP contribution in [0.15, 0.2) is 36.4 Å². The van der Waals surface area contributed by atoms with E-state index in [2.05, 4.69) is 19.1 Å². The highest BCUT2D eigenvalue weighted by atomic mass is 16.5. The number of rotatable bonds is 6. The molecule has 0 bridgehead atoms. The van der Waals surface area contributed by atoms with Crippen molar-refractivity contribution in [3.8, 4) is 5.75 Å². The molecule has 1 aromatic rings. The fourth-order valence-corrected chi connectivity index (χ4v) is 3.12. The van der Waals surface area contributed by atoms with Crippen LogP contribution in [0.3, 0.4) is 0 Å². The maximum Gasteiger partial charge on any atom is 0.140 e. The summed E-state index contributed by atoms with van der Waals surface area (Å²) in [6, 6.07) is 7.99. The quantitative estimate of drug-likeness (QED) is 0.549. The van der Waals surface area contributed by atoms with E-state index in [0.29, 0.717) is 11.7 Å². The van der Waals surface area contributed by atoms with E-state index in [1.54, 1.807) is 7.11 Å². The van der Waals surface area contributed by atoms with Crippen molar-refractivity contribution in [3.63, 3.8) is 0 Å². The van der Waals surface area contributed by atoms with Crippen LogP contribution in [-0.2, 0) is 4.79 Å². The molecule has 0 aromatic heterocycles. The molecule has 0 aliphatic heterocycles. The lowest BCUT2D eigenvalue weighted by Crippen LogP contribution is -2.25. The highest BCUT2D eigenvalue weighted by Gasteiger charge is 2.31. The number of Topliss-reactive ketones (excluding diaryl/α,β-unsaturated/α-hetero) is 1. The van der Waals surface area contributed by atoms with Crippen LogP contribution in [0.4, 0.5) is 0 Å². The molecule has 0 unspecified atom stereocenters. The molecule has 0 spiro atoms. The molecule has 0 saturated heterocycles. The number of carbonyl (C=O) groups excluding carboxylic acids is 1. The molecule has 0 N–H and O–H groups in total. The Hall–Kier alpha value is -1.57. The van der Waals surface area contributed by atoms with Crippen molar-refractivity contribution in [2.45, 2.75) is 51.4 Å². The highest BCUT2D eigenvalue weighted by molar-refractivity contribution is 5.87. The summed E-state index contributed by atoms with van der Waals surface area (Å²) in [5.74, 6) is 1.62. The third-order valence-corrected chi connectivity index (χ3v) is 4.32. The number of hydrogen-bond donors (Lipinski definition) is 0. The molecule has 2 atom stereocenters. The molecule has 1 saturated carbocycles. The Morgan fingerprint density at radius 1 is 1.29 bits per heavy atom. The number of ketones is 1. The Balaban J connectivity index is 2.13. The number of hydrogen-bond acceptors (Lipinski definition) is 2. The van der Waals surface area contributed by atoms with Gasteiger partial charge in [-0.3, -0.25) is 4.79 Å². The van der Waals surface area contributed by atoms with Gasteiger partial charge in [0.1, 0.15) is 11.5 Å².